The number of nitro benzene ring substituents is 1. The molecule has 8 heteroatoms. The van der Waals surface area contributed by atoms with Crippen molar-refractivity contribution in [3.05, 3.63) is 63.7 Å². The van der Waals surface area contributed by atoms with E-state index in [9.17, 15) is 14.9 Å². The number of rotatable bonds is 6. The monoisotopic (exact) mass is 336 g/mol. The van der Waals surface area contributed by atoms with Crippen molar-refractivity contribution < 1.29 is 19.2 Å². The van der Waals surface area contributed by atoms with Gasteiger partial charge < -0.3 is 9.47 Å². The zero-order chi connectivity index (χ0) is 16.7. The van der Waals surface area contributed by atoms with Gasteiger partial charge in [0.05, 0.1) is 15.6 Å². The summed E-state index contributed by atoms with van der Waals surface area (Å²) >= 11 is 5.87. The van der Waals surface area contributed by atoms with E-state index >= 15 is 0 Å². The molecule has 0 heterocycles. The molecule has 0 atom stereocenters. The number of non-ortho nitro benzene ring substituents is 1. The predicted molar refractivity (Wildman–Crippen MR) is 85.0 cm³/mol. The molecule has 0 spiro atoms. The normalized spacial score (nSPS) is 9.96. The predicted octanol–water partition coefficient (Wildman–Crippen LogP) is 3.88. The molecule has 0 radical (unpaired) electrons. The average molecular weight is 337 g/mol. The van der Waals surface area contributed by atoms with Crippen molar-refractivity contribution in [3.63, 3.8) is 0 Å². The van der Waals surface area contributed by atoms with E-state index in [1.54, 1.807) is 12.1 Å². The lowest BCUT2D eigenvalue weighted by Crippen LogP contribution is -2.18. The number of halogens is 1. The van der Waals surface area contributed by atoms with Crippen LogP contribution in [0.4, 0.5) is 16.2 Å². The second kappa shape index (κ2) is 8.00. The van der Waals surface area contributed by atoms with Gasteiger partial charge in [-0.2, -0.15) is 0 Å². The minimum atomic E-state index is -0.774. The number of nitrogens with zero attached hydrogens (tertiary/aromatic N) is 1. The molecule has 7 nitrogen and oxygen atoms in total. The molecule has 1 amide bonds. The highest BCUT2D eigenvalue weighted by Crippen LogP contribution is 2.26. The molecule has 1 N–H and O–H groups in total. The minimum absolute atomic E-state index is 0.0211. The van der Waals surface area contributed by atoms with Gasteiger partial charge in [0, 0.05) is 12.1 Å². The van der Waals surface area contributed by atoms with E-state index in [1.807, 2.05) is 18.2 Å². The molecule has 0 saturated heterocycles. The Morgan fingerprint density at radius 2 is 1.91 bits per heavy atom. The van der Waals surface area contributed by atoms with E-state index in [1.165, 1.54) is 12.1 Å². The number of hydrogen-bond acceptors (Lipinski definition) is 5. The molecule has 2 aromatic rings. The molecule has 0 unspecified atom stereocenters. The molecule has 0 aliphatic heterocycles. The van der Waals surface area contributed by atoms with Crippen LogP contribution in [0, 0.1) is 10.1 Å². The number of carbonyl (C=O) groups is 1. The van der Waals surface area contributed by atoms with Crippen molar-refractivity contribution in [3.8, 4) is 5.75 Å². The lowest BCUT2D eigenvalue weighted by atomic mass is 10.3. The Bertz CT molecular complexity index is 694. The van der Waals surface area contributed by atoms with Crippen LogP contribution < -0.4 is 10.1 Å². The number of hydrogen-bond donors (Lipinski definition) is 1. The topological polar surface area (TPSA) is 90.7 Å². The lowest BCUT2D eigenvalue weighted by Gasteiger charge is -2.09. The number of carbonyl (C=O) groups excluding carboxylic acids is 1. The van der Waals surface area contributed by atoms with Gasteiger partial charge in [0.1, 0.15) is 19.0 Å². The first-order valence-electron chi connectivity index (χ1n) is 6.62. The van der Waals surface area contributed by atoms with Crippen LogP contribution in [0.25, 0.3) is 0 Å². The van der Waals surface area contributed by atoms with Crippen LogP contribution in [-0.2, 0) is 4.74 Å². The number of ether oxygens (including phenoxy) is 2. The van der Waals surface area contributed by atoms with Gasteiger partial charge in [0.2, 0.25) is 0 Å². The average Bonchev–Trinajstić information content (AvgIpc) is 2.54. The first-order chi connectivity index (χ1) is 11.1. The molecular formula is C15H13ClN2O5. The van der Waals surface area contributed by atoms with Crippen molar-refractivity contribution in [1.29, 1.82) is 0 Å². The number of amides is 1. The Morgan fingerprint density at radius 3 is 2.61 bits per heavy atom. The third-order valence-corrected chi connectivity index (χ3v) is 3.06. The van der Waals surface area contributed by atoms with Crippen molar-refractivity contribution in [2.75, 3.05) is 18.5 Å². The molecule has 0 saturated carbocycles. The summed E-state index contributed by atoms with van der Waals surface area (Å²) in [6.07, 6.45) is -0.774. The fourth-order valence-corrected chi connectivity index (χ4v) is 1.84. The second-order valence-corrected chi connectivity index (χ2v) is 4.75. The summed E-state index contributed by atoms with van der Waals surface area (Å²) in [5.41, 5.74) is -0.0769. The first-order valence-corrected chi connectivity index (χ1v) is 6.99. The highest BCUT2D eigenvalue weighted by atomic mass is 35.5. The molecule has 2 rings (SSSR count). The summed E-state index contributed by atoms with van der Waals surface area (Å²) < 4.78 is 10.3. The smallest absolute Gasteiger partial charge is 0.411 e. The van der Waals surface area contributed by atoms with E-state index in [0.717, 1.165) is 6.07 Å². The van der Waals surface area contributed by atoms with Crippen molar-refractivity contribution in [2.45, 2.75) is 0 Å². The molecule has 0 fully saturated rings. The van der Waals surface area contributed by atoms with E-state index in [-0.39, 0.29) is 29.6 Å². The summed E-state index contributed by atoms with van der Waals surface area (Å²) in [4.78, 5) is 21.8. The maximum atomic E-state index is 11.6. The Balaban J connectivity index is 1.81. The van der Waals surface area contributed by atoms with Crippen molar-refractivity contribution in [1.82, 2.24) is 0 Å². The minimum Gasteiger partial charge on any atom is -0.490 e. The summed E-state index contributed by atoms with van der Waals surface area (Å²) in [6.45, 7) is 0.202. The molecule has 0 aliphatic rings. The first kappa shape index (κ1) is 16.6. The van der Waals surface area contributed by atoms with Gasteiger partial charge in [-0.3, -0.25) is 15.4 Å². The zero-order valence-corrected chi connectivity index (χ0v) is 12.7. The largest absolute Gasteiger partial charge is 0.490 e. The quantitative estimate of drug-likeness (QED) is 0.491. The van der Waals surface area contributed by atoms with Crippen molar-refractivity contribution >= 4 is 29.1 Å². The third kappa shape index (κ3) is 5.15. The molecule has 0 aliphatic carbocycles. The molecule has 2 aromatic carbocycles. The second-order valence-electron chi connectivity index (χ2n) is 4.34. The van der Waals surface area contributed by atoms with Gasteiger partial charge in [0.15, 0.2) is 0 Å². The van der Waals surface area contributed by atoms with E-state index < -0.39 is 11.0 Å². The van der Waals surface area contributed by atoms with Crippen LogP contribution in [0.2, 0.25) is 5.02 Å². The van der Waals surface area contributed by atoms with E-state index in [4.69, 9.17) is 21.1 Å². The van der Waals surface area contributed by atoms with Gasteiger partial charge in [0.25, 0.3) is 5.69 Å². The third-order valence-electron chi connectivity index (χ3n) is 2.73. The highest BCUT2D eigenvalue weighted by Gasteiger charge is 2.12. The fourth-order valence-electron chi connectivity index (χ4n) is 1.68. The zero-order valence-electron chi connectivity index (χ0n) is 11.9. The van der Waals surface area contributed by atoms with E-state index in [2.05, 4.69) is 5.32 Å². The van der Waals surface area contributed by atoms with Gasteiger partial charge in [-0.1, -0.05) is 29.8 Å². The van der Waals surface area contributed by atoms with Crippen LogP contribution in [0.1, 0.15) is 0 Å². The Labute approximate surface area is 136 Å². The summed E-state index contributed by atoms with van der Waals surface area (Å²) in [5, 5.41) is 13.2. The molecule has 23 heavy (non-hydrogen) atoms. The molecule has 0 aromatic heterocycles. The SMILES string of the molecule is O=C(Nc1cc([N+](=O)[O-])ccc1Cl)OCCOc1ccccc1. The number of benzene rings is 2. The van der Waals surface area contributed by atoms with Crippen LogP contribution in [-0.4, -0.2) is 24.2 Å². The van der Waals surface area contributed by atoms with Gasteiger partial charge in [-0.15, -0.1) is 0 Å². The Hall–Kier alpha value is -2.80. The number of nitro groups is 1. The number of anilines is 1. The Kier molecular flexibility index (Phi) is 5.76. The number of para-hydroxylation sites is 1. The summed E-state index contributed by atoms with van der Waals surface area (Å²) in [6, 6.07) is 12.8. The van der Waals surface area contributed by atoms with Gasteiger partial charge in [-0.05, 0) is 18.2 Å². The van der Waals surface area contributed by atoms with Crippen LogP contribution in [0.5, 0.6) is 5.75 Å². The molecular weight excluding hydrogens is 324 g/mol. The van der Waals surface area contributed by atoms with E-state index in [0.29, 0.717) is 5.75 Å². The fraction of sp³-hybridized carbons (Fsp3) is 0.133. The van der Waals surface area contributed by atoms with Gasteiger partial charge in [-0.25, -0.2) is 4.79 Å². The standard InChI is InChI=1S/C15H13ClN2O5/c16-13-7-6-11(18(20)21)10-14(13)17-15(19)23-9-8-22-12-4-2-1-3-5-12/h1-7,10H,8-9H2,(H,17,19). The maximum absolute atomic E-state index is 11.6. The summed E-state index contributed by atoms with van der Waals surface area (Å²) in [7, 11) is 0. The number of nitrogens with one attached hydrogen (secondary N) is 1. The maximum Gasteiger partial charge on any atom is 0.411 e. The summed E-state index contributed by atoms with van der Waals surface area (Å²) in [5.74, 6) is 0.665. The lowest BCUT2D eigenvalue weighted by molar-refractivity contribution is -0.384. The van der Waals surface area contributed by atoms with Crippen LogP contribution in [0.3, 0.4) is 0 Å². The van der Waals surface area contributed by atoms with Crippen LogP contribution >= 0.6 is 11.6 Å². The Morgan fingerprint density at radius 1 is 1.17 bits per heavy atom. The molecule has 0 bridgehead atoms. The van der Waals surface area contributed by atoms with Gasteiger partial charge >= 0.3 is 6.09 Å². The van der Waals surface area contributed by atoms with Crippen LogP contribution in [0.15, 0.2) is 48.5 Å². The van der Waals surface area contributed by atoms with Crippen molar-refractivity contribution in [2.24, 2.45) is 0 Å². The molecule has 120 valence electrons. The highest BCUT2D eigenvalue weighted by molar-refractivity contribution is 6.33.